The maximum atomic E-state index is 2.64. The first-order valence-corrected chi connectivity index (χ1v) is 22.4. The van der Waals surface area contributed by atoms with E-state index in [-0.39, 0.29) is 0 Å². The maximum Gasteiger partial charge on any atom is 0.256 e. The predicted molar refractivity (Wildman–Crippen MR) is 212 cm³/mol. The van der Waals surface area contributed by atoms with Crippen LogP contribution in [0.1, 0.15) is 258 Å². The Morgan fingerprint density at radius 3 is 1.02 bits per heavy atom. The van der Waals surface area contributed by atoms with E-state index in [4.69, 9.17) is 0 Å². The lowest BCUT2D eigenvalue weighted by Crippen LogP contribution is -2.37. The Hall–Kier alpha value is -0.790. The third-order valence-corrected chi connectivity index (χ3v) is 10.8. The average molecular weight is 658 g/mol. The van der Waals surface area contributed by atoms with Gasteiger partial charge in [0.25, 0.3) is 5.82 Å². The highest BCUT2D eigenvalue weighted by Crippen LogP contribution is 2.16. The van der Waals surface area contributed by atoms with Crippen molar-refractivity contribution in [3.63, 3.8) is 0 Å². The Morgan fingerprint density at radius 2 is 0.660 bits per heavy atom. The van der Waals surface area contributed by atoms with Crippen LogP contribution in [0.4, 0.5) is 0 Å². The number of aryl methyl sites for hydroxylation is 2. The maximum absolute atomic E-state index is 2.64. The first kappa shape index (κ1) is 44.2. The molecular formula is C45H89N2+. The van der Waals surface area contributed by atoms with Gasteiger partial charge in [0.05, 0.1) is 13.1 Å². The van der Waals surface area contributed by atoms with Gasteiger partial charge in [0.2, 0.25) is 0 Å². The van der Waals surface area contributed by atoms with Gasteiger partial charge in [-0.3, -0.25) is 0 Å². The van der Waals surface area contributed by atoms with Crippen LogP contribution in [0.25, 0.3) is 0 Å². The van der Waals surface area contributed by atoms with Crippen LogP contribution >= 0.6 is 0 Å². The van der Waals surface area contributed by atoms with Crippen molar-refractivity contribution in [1.29, 1.82) is 0 Å². The summed E-state index contributed by atoms with van der Waals surface area (Å²) in [6.45, 7) is 9.41. The number of rotatable bonds is 39. The minimum absolute atomic E-state index is 1.23. The van der Waals surface area contributed by atoms with Gasteiger partial charge in [-0.2, -0.15) is 0 Å². The molecule has 1 heterocycles. The van der Waals surface area contributed by atoms with Crippen LogP contribution in [0.2, 0.25) is 0 Å². The van der Waals surface area contributed by atoms with Crippen molar-refractivity contribution < 1.29 is 4.57 Å². The van der Waals surface area contributed by atoms with Gasteiger partial charge in [-0.1, -0.05) is 220 Å². The summed E-state index contributed by atoms with van der Waals surface area (Å²) < 4.78 is 5.29. The van der Waals surface area contributed by atoms with Gasteiger partial charge in [-0.15, -0.1) is 0 Å². The van der Waals surface area contributed by atoms with Gasteiger partial charge in [0.15, 0.2) is 0 Å². The molecule has 2 nitrogen and oxygen atoms in total. The molecule has 2 heteroatoms. The number of unbranched alkanes of at least 4 members (excludes halogenated alkanes) is 33. The summed E-state index contributed by atoms with van der Waals surface area (Å²) in [5.41, 5.74) is 0. The second kappa shape index (κ2) is 36.5. The van der Waals surface area contributed by atoms with Gasteiger partial charge in [-0.25, -0.2) is 9.13 Å². The van der Waals surface area contributed by atoms with E-state index in [0.717, 1.165) is 0 Å². The normalized spacial score (nSPS) is 11.6. The monoisotopic (exact) mass is 658 g/mol. The standard InChI is InChI=1S/C45H89N2/c1-4-7-10-13-16-19-21-22-23-24-25-26-28-30-33-36-39-42-47-44-43-46(45(47)40-37-34-31-18-15-12-9-6-3)41-38-35-32-29-27-20-17-14-11-8-5-2/h43-44H,4-42H2,1-3H3/q+1. The highest BCUT2D eigenvalue weighted by molar-refractivity contribution is 4.84. The lowest BCUT2D eigenvalue weighted by molar-refractivity contribution is -0.704. The average Bonchev–Trinajstić information content (AvgIpc) is 3.47. The first-order chi connectivity index (χ1) is 23.3. The topological polar surface area (TPSA) is 8.81 Å². The molecular weight excluding hydrogens is 569 g/mol. The number of nitrogens with zero attached hydrogens (tertiary/aromatic N) is 2. The molecule has 0 unspecified atom stereocenters. The Balaban J connectivity index is 2.21. The first-order valence-electron chi connectivity index (χ1n) is 22.4. The van der Waals surface area contributed by atoms with Crippen LogP contribution < -0.4 is 4.57 Å². The lowest BCUT2D eigenvalue weighted by Gasteiger charge is -2.07. The molecule has 0 aliphatic heterocycles. The van der Waals surface area contributed by atoms with Crippen molar-refractivity contribution in [2.24, 2.45) is 0 Å². The predicted octanol–water partition coefficient (Wildman–Crippen LogP) is 15.4. The molecule has 47 heavy (non-hydrogen) atoms. The minimum atomic E-state index is 1.23. The van der Waals surface area contributed by atoms with E-state index in [0.29, 0.717) is 0 Å². The summed E-state index contributed by atoms with van der Waals surface area (Å²) in [5.74, 6) is 1.62. The highest BCUT2D eigenvalue weighted by atomic mass is 15.1. The molecule has 0 aromatic carbocycles. The zero-order valence-electron chi connectivity index (χ0n) is 33.1. The van der Waals surface area contributed by atoms with E-state index in [1.54, 1.807) is 5.82 Å². The van der Waals surface area contributed by atoms with Crippen molar-refractivity contribution in [1.82, 2.24) is 4.57 Å². The Bertz CT molecular complexity index is 722. The number of hydrogen-bond donors (Lipinski definition) is 0. The van der Waals surface area contributed by atoms with Crippen LogP contribution in [-0.4, -0.2) is 4.57 Å². The van der Waals surface area contributed by atoms with Crippen molar-refractivity contribution in [3.05, 3.63) is 18.2 Å². The summed E-state index contributed by atoms with van der Waals surface area (Å²) in [5, 5.41) is 0. The molecule has 0 saturated heterocycles. The third kappa shape index (κ3) is 28.7. The van der Waals surface area contributed by atoms with E-state index < -0.39 is 0 Å². The molecule has 0 fully saturated rings. The summed E-state index contributed by atoms with van der Waals surface area (Å²) in [7, 11) is 0. The second-order valence-corrected chi connectivity index (χ2v) is 15.5. The number of hydrogen-bond acceptors (Lipinski definition) is 0. The van der Waals surface area contributed by atoms with Crippen molar-refractivity contribution in [2.75, 3.05) is 0 Å². The Kier molecular flexibility index (Phi) is 34.3. The summed E-state index contributed by atoms with van der Waals surface area (Å²) in [4.78, 5) is 0. The number of aromatic nitrogens is 2. The van der Waals surface area contributed by atoms with Crippen LogP contribution in [0, 0.1) is 0 Å². The van der Waals surface area contributed by atoms with E-state index in [1.807, 2.05) is 0 Å². The van der Waals surface area contributed by atoms with E-state index >= 15 is 0 Å². The van der Waals surface area contributed by atoms with E-state index in [9.17, 15) is 0 Å². The van der Waals surface area contributed by atoms with Crippen molar-refractivity contribution >= 4 is 0 Å². The molecule has 0 atom stereocenters. The molecule has 0 amide bonds. The van der Waals surface area contributed by atoms with Crippen molar-refractivity contribution in [2.45, 2.75) is 271 Å². The fourth-order valence-corrected chi connectivity index (χ4v) is 7.56. The summed E-state index contributed by atoms with van der Waals surface area (Å²) in [6.07, 6.45) is 57.8. The van der Waals surface area contributed by atoms with Gasteiger partial charge < -0.3 is 0 Å². The van der Waals surface area contributed by atoms with Crippen LogP contribution in [0.3, 0.4) is 0 Å². The van der Waals surface area contributed by atoms with Crippen molar-refractivity contribution in [3.8, 4) is 0 Å². The van der Waals surface area contributed by atoms with Gasteiger partial charge in [0.1, 0.15) is 12.4 Å². The molecule has 0 N–H and O–H groups in total. The molecule has 1 rings (SSSR count). The van der Waals surface area contributed by atoms with E-state index in [1.165, 1.54) is 251 Å². The molecule has 0 spiro atoms. The third-order valence-electron chi connectivity index (χ3n) is 10.8. The zero-order chi connectivity index (χ0) is 33.7. The molecule has 278 valence electrons. The molecule has 1 aromatic heterocycles. The SMILES string of the molecule is CCCCCCCCCCCCCCCCCCCn1cc[n+](CCCCCCCCCCCCC)c1CCCCCCCCCC. The Morgan fingerprint density at radius 1 is 0.362 bits per heavy atom. The fourth-order valence-electron chi connectivity index (χ4n) is 7.56. The Labute approximate surface area is 298 Å². The van der Waals surface area contributed by atoms with Gasteiger partial charge in [0, 0.05) is 6.42 Å². The smallest absolute Gasteiger partial charge is 0.234 e. The molecule has 0 radical (unpaired) electrons. The molecule has 0 saturated carbocycles. The van der Waals surface area contributed by atoms with Crippen LogP contribution in [0.15, 0.2) is 12.4 Å². The molecule has 0 bridgehead atoms. The summed E-state index contributed by atoms with van der Waals surface area (Å²) in [6, 6.07) is 0. The molecule has 0 aliphatic rings. The molecule has 1 aromatic rings. The second-order valence-electron chi connectivity index (χ2n) is 15.5. The van der Waals surface area contributed by atoms with Gasteiger partial charge in [-0.05, 0) is 32.1 Å². The largest absolute Gasteiger partial charge is 0.256 e. The number of imidazole rings is 1. The van der Waals surface area contributed by atoms with E-state index in [2.05, 4.69) is 42.3 Å². The van der Waals surface area contributed by atoms with Gasteiger partial charge >= 0.3 is 0 Å². The lowest BCUT2D eigenvalue weighted by atomic mass is 10.0. The van der Waals surface area contributed by atoms with Crippen LogP contribution in [-0.2, 0) is 19.5 Å². The highest BCUT2D eigenvalue weighted by Gasteiger charge is 2.16. The summed E-state index contributed by atoms with van der Waals surface area (Å²) >= 11 is 0. The minimum Gasteiger partial charge on any atom is -0.234 e. The zero-order valence-corrected chi connectivity index (χ0v) is 33.1. The molecule has 0 aliphatic carbocycles. The quantitative estimate of drug-likeness (QED) is 0.0492. The fraction of sp³-hybridized carbons (Fsp3) is 0.933. The van der Waals surface area contributed by atoms with Crippen LogP contribution in [0.5, 0.6) is 0 Å².